The number of benzene rings is 2. The lowest BCUT2D eigenvalue weighted by molar-refractivity contribution is -0.274. The fourth-order valence-electron chi connectivity index (χ4n) is 5.29. The van der Waals surface area contributed by atoms with Gasteiger partial charge in [-0.15, -0.1) is 13.2 Å². The van der Waals surface area contributed by atoms with E-state index in [9.17, 15) is 18.0 Å². The van der Waals surface area contributed by atoms with Crippen molar-refractivity contribution in [3.05, 3.63) is 94.3 Å². The lowest BCUT2D eigenvalue weighted by Crippen LogP contribution is -2.32. The Kier molecular flexibility index (Phi) is 7.84. The number of carbonyl (C=O) groups is 1. The number of ether oxygens (including phenoxy) is 1. The van der Waals surface area contributed by atoms with Crippen LogP contribution in [0.3, 0.4) is 0 Å². The molecular formula is C30H29ClF3N3O2. The van der Waals surface area contributed by atoms with Gasteiger partial charge in [-0.3, -0.25) is 4.79 Å². The van der Waals surface area contributed by atoms with Gasteiger partial charge in [0.15, 0.2) is 5.78 Å². The van der Waals surface area contributed by atoms with Gasteiger partial charge in [0.2, 0.25) is 0 Å². The number of fused-ring (bicyclic) bond motifs is 1. The third-order valence-electron chi connectivity index (χ3n) is 7.31. The number of aryl methyl sites for hydroxylation is 2. The molecule has 3 heterocycles. The fraction of sp³-hybridized carbons (Fsp3) is 0.333. The summed E-state index contributed by atoms with van der Waals surface area (Å²) in [6, 6.07) is 18.1. The standard InChI is InChI=1S/C30H29ClF3N3O2/c1-2-26-29(27-19-23(31)15-18-37(27)35-26)28(38)12-5-20-3-8-24(9-4-20)36-16-13-22(14-17-36)21-6-10-25(11-7-21)39-30(32,33)34/h3-4,6-11,15,18-19,22H,2,5,12-14,16-17H2,1H3. The highest BCUT2D eigenvalue weighted by atomic mass is 35.5. The number of alkyl halides is 3. The van der Waals surface area contributed by atoms with E-state index in [0.29, 0.717) is 35.8 Å². The third kappa shape index (κ3) is 6.38. The Balaban J connectivity index is 1.16. The second-order valence-electron chi connectivity index (χ2n) is 9.82. The summed E-state index contributed by atoms with van der Waals surface area (Å²) in [6.45, 7) is 3.71. The van der Waals surface area contributed by atoms with E-state index in [2.05, 4.69) is 39.0 Å². The summed E-state index contributed by atoms with van der Waals surface area (Å²) in [5.74, 6) is 0.168. The number of piperidine rings is 1. The number of aromatic nitrogens is 2. The van der Waals surface area contributed by atoms with Crippen molar-refractivity contribution in [1.82, 2.24) is 9.61 Å². The van der Waals surface area contributed by atoms with Crippen molar-refractivity contribution < 1.29 is 22.7 Å². The van der Waals surface area contributed by atoms with Crippen LogP contribution in [0.15, 0.2) is 66.9 Å². The maximum absolute atomic E-state index is 13.2. The predicted octanol–water partition coefficient (Wildman–Crippen LogP) is 7.65. The Morgan fingerprint density at radius 1 is 1.05 bits per heavy atom. The van der Waals surface area contributed by atoms with Gasteiger partial charge >= 0.3 is 6.36 Å². The van der Waals surface area contributed by atoms with Gasteiger partial charge in [-0.2, -0.15) is 5.10 Å². The molecule has 0 aliphatic carbocycles. The molecule has 1 fully saturated rings. The molecule has 1 saturated heterocycles. The van der Waals surface area contributed by atoms with E-state index in [1.54, 1.807) is 35.0 Å². The van der Waals surface area contributed by atoms with Crippen LogP contribution in [0.1, 0.15) is 59.3 Å². The number of Topliss-reactive ketones (excluding diaryl/α,β-unsaturated/α-hetero) is 1. The van der Waals surface area contributed by atoms with Crippen LogP contribution in [-0.2, 0) is 12.8 Å². The number of hydrogen-bond acceptors (Lipinski definition) is 4. The number of hydrogen-bond donors (Lipinski definition) is 0. The number of pyridine rings is 1. The van der Waals surface area contributed by atoms with E-state index in [1.807, 2.05) is 6.92 Å². The quantitative estimate of drug-likeness (QED) is 0.210. The maximum Gasteiger partial charge on any atom is 0.573 e. The molecule has 204 valence electrons. The number of carbonyl (C=O) groups excluding carboxylic acids is 1. The third-order valence-corrected chi connectivity index (χ3v) is 7.54. The highest BCUT2D eigenvalue weighted by Gasteiger charge is 2.31. The first kappa shape index (κ1) is 27.1. The molecule has 5 rings (SSSR count). The van der Waals surface area contributed by atoms with Gasteiger partial charge in [0, 0.05) is 36.4 Å². The monoisotopic (exact) mass is 555 g/mol. The van der Waals surface area contributed by atoms with Crippen LogP contribution in [-0.4, -0.2) is 34.8 Å². The van der Waals surface area contributed by atoms with E-state index in [4.69, 9.17) is 11.6 Å². The Hall–Kier alpha value is -3.52. The maximum atomic E-state index is 13.2. The van der Waals surface area contributed by atoms with Crippen molar-refractivity contribution in [2.75, 3.05) is 18.0 Å². The van der Waals surface area contributed by atoms with Gasteiger partial charge in [0.05, 0.1) is 16.8 Å². The van der Waals surface area contributed by atoms with E-state index in [0.717, 1.165) is 54.0 Å². The Morgan fingerprint density at radius 3 is 2.38 bits per heavy atom. The number of anilines is 1. The summed E-state index contributed by atoms with van der Waals surface area (Å²) in [5.41, 5.74) is 5.44. The molecule has 1 aliphatic rings. The van der Waals surface area contributed by atoms with Crippen LogP contribution < -0.4 is 9.64 Å². The SMILES string of the molecule is CCc1nn2ccc(Cl)cc2c1C(=O)CCc1ccc(N2CCC(c3ccc(OC(F)(F)F)cc3)CC2)cc1. The first-order valence-corrected chi connectivity index (χ1v) is 13.5. The van der Waals surface area contributed by atoms with Crippen LogP contribution in [0.2, 0.25) is 5.02 Å². The Bertz CT molecular complexity index is 1440. The molecule has 1 aliphatic heterocycles. The van der Waals surface area contributed by atoms with E-state index in [-0.39, 0.29) is 11.5 Å². The average molecular weight is 556 g/mol. The zero-order valence-corrected chi connectivity index (χ0v) is 22.3. The predicted molar refractivity (Wildman–Crippen MR) is 146 cm³/mol. The van der Waals surface area contributed by atoms with Gasteiger partial charge < -0.3 is 9.64 Å². The molecule has 0 amide bonds. The summed E-state index contributed by atoms with van der Waals surface area (Å²) in [6.07, 6.45) is 0.620. The first-order chi connectivity index (χ1) is 18.7. The molecule has 5 nitrogen and oxygen atoms in total. The summed E-state index contributed by atoms with van der Waals surface area (Å²) in [5, 5.41) is 5.11. The van der Waals surface area contributed by atoms with Crippen molar-refractivity contribution in [3.8, 4) is 5.75 Å². The van der Waals surface area contributed by atoms with E-state index < -0.39 is 6.36 Å². The number of nitrogens with zero attached hydrogens (tertiary/aromatic N) is 3. The molecule has 4 aromatic rings. The summed E-state index contributed by atoms with van der Waals surface area (Å²) in [4.78, 5) is 15.5. The minimum absolute atomic E-state index is 0.0632. The van der Waals surface area contributed by atoms with Gasteiger partial charge in [-0.05, 0) is 79.1 Å². The highest BCUT2D eigenvalue weighted by Crippen LogP contribution is 2.32. The Morgan fingerprint density at radius 2 is 1.74 bits per heavy atom. The largest absolute Gasteiger partial charge is 0.573 e. The van der Waals surface area contributed by atoms with E-state index in [1.165, 1.54) is 12.1 Å². The van der Waals surface area contributed by atoms with Gasteiger partial charge in [0.1, 0.15) is 5.75 Å². The van der Waals surface area contributed by atoms with Crippen molar-refractivity contribution in [2.24, 2.45) is 0 Å². The molecule has 0 spiro atoms. The number of ketones is 1. The molecule has 0 N–H and O–H groups in total. The first-order valence-electron chi connectivity index (χ1n) is 13.1. The average Bonchev–Trinajstić information content (AvgIpc) is 3.29. The lowest BCUT2D eigenvalue weighted by atomic mass is 9.89. The molecule has 9 heteroatoms. The number of rotatable bonds is 8. The van der Waals surface area contributed by atoms with Crippen molar-refractivity contribution in [1.29, 1.82) is 0 Å². The highest BCUT2D eigenvalue weighted by molar-refractivity contribution is 6.31. The molecule has 0 bridgehead atoms. The summed E-state index contributed by atoms with van der Waals surface area (Å²) < 4.78 is 42.9. The molecule has 0 atom stereocenters. The van der Waals surface area contributed by atoms with Crippen LogP contribution in [0.5, 0.6) is 5.75 Å². The van der Waals surface area contributed by atoms with Crippen molar-refractivity contribution in [3.63, 3.8) is 0 Å². The molecule has 0 saturated carbocycles. The van der Waals surface area contributed by atoms with Gasteiger partial charge in [-0.1, -0.05) is 42.8 Å². The zero-order valence-electron chi connectivity index (χ0n) is 21.5. The van der Waals surface area contributed by atoms with Gasteiger partial charge in [0.25, 0.3) is 0 Å². The lowest BCUT2D eigenvalue weighted by Gasteiger charge is -2.34. The smallest absolute Gasteiger partial charge is 0.406 e. The normalized spacial score (nSPS) is 14.6. The van der Waals surface area contributed by atoms with Crippen LogP contribution in [0.25, 0.3) is 5.52 Å². The Labute approximate surface area is 230 Å². The topological polar surface area (TPSA) is 46.8 Å². The second kappa shape index (κ2) is 11.3. The molecule has 0 radical (unpaired) electrons. The molecular weight excluding hydrogens is 527 g/mol. The van der Waals surface area contributed by atoms with Crippen molar-refractivity contribution in [2.45, 2.75) is 51.3 Å². The minimum atomic E-state index is -4.68. The van der Waals surface area contributed by atoms with E-state index >= 15 is 0 Å². The van der Waals surface area contributed by atoms with Crippen molar-refractivity contribution >= 4 is 28.6 Å². The van der Waals surface area contributed by atoms with Crippen LogP contribution in [0.4, 0.5) is 18.9 Å². The molecule has 0 unspecified atom stereocenters. The minimum Gasteiger partial charge on any atom is -0.406 e. The summed E-state index contributed by atoms with van der Waals surface area (Å²) >= 11 is 6.17. The molecule has 39 heavy (non-hydrogen) atoms. The van der Waals surface area contributed by atoms with Gasteiger partial charge in [-0.25, -0.2) is 4.52 Å². The second-order valence-corrected chi connectivity index (χ2v) is 10.3. The fourth-order valence-corrected chi connectivity index (χ4v) is 5.45. The zero-order chi connectivity index (χ0) is 27.6. The molecule has 2 aromatic carbocycles. The van der Waals surface area contributed by atoms with Crippen LogP contribution >= 0.6 is 11.6 Å². The summed E-state index contributed by atoms with van der Waals surface area (Å²) in [7, 11) is 0. The number of halogens is 4. The van der Waals surface area contributed by atoms with Crippen LogP contribution in [0, 0.1) is 0 Å². The molecule has 2 aromatic heterocycles.